The summed E-state index contributed by atoms with van der Waals surface area (Å²) in [6.07, 6.45) is 2.45. The molecule has 2 rings (SSSR count). The summed E-state index contributed by atoms with van der Waals surface area (Å²) in [5.74, 6) is -0.118. The van der Waals surface area contributed by atoms with E-state index < -0.39 is 0 Å². The van der Waals surface area contributed by atoms with Gasteiger partial charge in [0.15, 0.2) is 0 Å². The van der Waals surface area contributed by atoms with Gasteiger partial charge < -0.3 is 16.0 Å². The molecule has 1 fully saturated rings. The van der Waals surface area contributed by atoms with Crippen LogP contribution in [0.15, 0.2) is 16.8 Å². The second-order valence-corrected chi connectivity index (χ2v) is 5.41. The quantitative estimate of drug-likeness (QED) is 0.745. The van der Waals surface area contributed by atoms with Crippen molar-refractivity contribution in [3.05, 3.63) is 22.4 Å². The highest BCUT2D eigenvalue weighted by molar-refractivity contribution is 7.08. The van der Waals surface area contributed by atoms with Gasteiger partial charge in [0, 0.05) is 36.5 Å². The second kappa shape index (κ2) is 7.25. The fourth-order valence-electron chi connectivity index (χ4n) is 2.06. The van der Waals surface area contributed by atoms with Crippen LogP contribution in [0.25, 0.3) is 0 Å². The lowest BCUT2D eigenvalue weighted by atomic mass is 10.1. The van der Waals surface area contributed by atoms with Gasteiger partial charge >= 0.3 is 0 Å². The van der Waals surface area contributed by atoms with Crippen molar-refractivity contribution in [2.45, 2.75) is 25.3 Å². The lowest BCUT2D eigenvalue weighted by Crippen LogP contribution is -2.46. The third-order valence-corrected chi connectivity index (χ3v) is 3.77. The summed E-state index contributed by atoms with van der Waals surface area (Å²) in [4.78, 5) is 23.3. The SMILES string of the molecule is O=C(CCNC(=O)c1ccsc1)N[C@H]1CCCNC1. The van der Waals surface area contributed by atoms with Crippen LogP contribution in [0.2, 0.25) is 0 Å². The fourth-order valence-corrected chi connectivity index (χ4v) is 2.70. The van der Waals surface area contributed by atoms with Crippen molar-refractivity contribution in [3.63, 3.8) is 0 Å². The highest BCUT2D eigenvalue weighted by atomic mass is 32.1. The van der Waals surface area contributed by atoms with Crippen molar-refractivity contribution in [1.82, 2.24) is 16.0 Å². The predicted octanol–water partition coefficient (Wildman–Crippen LogP) is 0.736. The molecule has 1 aromatic heterocycles. The van der Waals surface area contributed by atoms with Crippen LogP contribution < -0.4 is 16.0 Å². The molecule has 5 nitrogen and oxygen atoms in total. The zero-order valence-corrected chi connectivity index (χ0v) is 11.6. The first-order valence-electron chi connectivity index (χ1n) is 6.56. The Morgan fingerprint density at radius 2 is 2.37 bits per heavy atom. The molecule has 0 bridgehead atoms. The third-order valence-electron chi connectivity index (χ3n) is 3.08. The van der Waals surface area contributed by atoms with Crippen LogP contribution in [0.5, 0.6) is 0 Å². The number of hydrogen-bond acceptors (Lipinski definition) is 4. The number of thiophene rings is 1. The molecule has 6 heteroatoms. The number of nitrogens with one attached hydrogen (secondary N) is 3. The first kappa shape index (κ1) is 14.0. The molecule has 0 unspecified atom stereocenters. The van der Waals surface area contributed by atoms with Gasteiger partial charge in [-0.2, -0.15) is 11.3 Å². The zero-order valence-electron chi connectivity index (χ0n) is 10.8. The molecule has 1 aliphatic heterocycles. The Hall–Kier alpha value is -1.40. The van der Waals surface area contributed by atoms with Gasteiger partial charge in [-0.05, 0) is 30.8 Å². The van der Waals surface area contributed by atoms with E-state index in [1.54, 1.807) is 11.4 Å². The maximum atomic E-state index is 11.7. The van der Waals surface area contributed by atoms with Gasteiger partial charge in [0.05, 0.1) is 0 Å². The Labute approximate surface area is 116 Å². The normalized spacial score (nSPS) is 18.8. The van der Waals surface area contributed by atoms with Crippen molar-refractivity contribution < 1.29 is 9.59 Å². The number of amides is 2. The summed E-state index contributed by atoms with van der Waals surface area (Å²) in [5.41, 5.74) is 0.655. The van der Waals surface area contributed by atoms with Crippen molar-refractivity contribution in [1.29, 1.82) is 0 Å². The number of carbonyl (C=O) groups is 2. The number of rotatable bonds is 5. The minimum absolute atomic E-state index is 0.000631. The Morgan fingerprint density at radius 3 is 3.05 bits per heavy atom. The predicted molar refractivity (Wildman–Crippen MR) is 75.3 cm³/mol. The van der Waals surface area contributed by atoms with Crippen LogP contribution in [0.4, 0.5) is 0 Å². The Balaban J connectivity index is 1.62. The highest BCUT2D eigenvalue weighted by Gasteiger charge is 2.15. The minimum Gasteiger partial charge on any atom is -0.352 e. The van der Waals surface area contributed by atoms with Crippen molar-refractivity contribution >= 4 is 23.2 Å². The molecule has 3 N–H and O–H groups in total. The Morgan fingerprint density at radius 1 is 1.47 bits per heavy atom. The topological polar surface area (TPSA) is 70.2 Å². The molecule has 1 aromatic rings. The summed E-state index contributed by atoms with van der Waals surface area (Å²) < 4.78 is 0. The zero-order chi connectivity index (χ0) is 13.5. The van der Waals surface area contributed by atoms with Crippen LogP contribution >= 0.6 is 11.3 Å². The van der Waals surface area contributed by atoms with Crippen LogP contribution in [-0.2, 0) is 4.79 Å². The molecular weight excluding hydrogens is 262 g/mol. The van der Waals surface area contributed by atoms with E-state index in [2.05, 4.69) is 16.0 Å². The van der Waals surface area contributed by atoms with E-state index in [0.29, 0.717) is 18.5 Å². The smallest absolute Gasteiger partial charge is 0.252 e. The molecule has 104 valence electrons. The van der Waals surface area contributed by atoms with Gasteiger partial charge in [-0.15, -0.1) is 0 Å². The number of piperidine rings is 1. The van der Waals surface area contributed by atoms with E-state index >= 15 is 0 Å². The standard InChI is InChI=1S/C13H19N3O2S/c17-12(16-11-2-1-5-14-8-11)3-6-15-13(18)10-4-7-19-9-10/h4,7,9,11,14H,1-3,5-6,8H2,(H,15,18)(H,16,17)/t11-/m0/s1. The van der Waals surface area contributed by atoms with E-state index in [9.17, 15) is 9.59 Å². The molecule has 1 atom stereocenters. The number of carbonyl (C=O) groups excluding carboxylic acids is 2. The van der Waals surface area contributed by atoms with Gasteiger partial charge in [-0.1, -0.05) is 0 Å². The van der Waals surface area contributed by atoms with Crippen LogP contribution in [0.1, 0.15) is 29.6 Å². The van der Waals surface area contributed by atoms with Crippen molar-refractivity contribution in [3.8, 4) is 0 Å². The fraction of sp³-hybridized carbons (Fsp3) is 0.538. The van der Waals surface area contributed by atoms with Gasteiger partial charge in [-0.25, -0.2) is 0 Å². The molecule has 1 saturated heterocycles. The molecule has 0 aliphatic carbocycles. The monoisotopic (exact) mass is 281 g/mol. The van der Waals surface area contributed by atoms with Gasteiger partial charge in [0.25, 0.3) is 5.91 Å². The van der Waals surface area contributed by atoms with Crippen molar-refractivity contribution in [2.75, 3.05) is 19.6 Å². The summed E-state index contributed by atoms with van der Waals surface area (Å²) in [5, 5.41) is 12.6. The Kier molecular flexibility index (Phi) is 5.35. The lowest BCUT2D eigenvalue weighted by Gasteiger charge is -2.23. The van der Waals surface area contributed by atoms with Crippen molar-refractivity contribution in [2.24, 2.45) is 0 Å². The molecule has 19 heavy (non-hydrogen) atoms. The lowest BCUT2D eigenvalue weighted by molar-refractivity contribution is -0.121. The molecule has 2 amide bonds. The molecular formula is C13H19N3O2S. The minimum atomic E-state index is -0.117. The number of hydrogen-bond donors (Lipinski definition) is 3. The first-order chi connectivity index (χ1) is 9.25. The van der Waals surface area contributed by atoms with Crippen LogP contribution in [-0.4, -0.2) is 37.5 Å². The summed E-state index contributed by atoms with van der Waals surface area (Å²) in [6, 6.07) is 2.00. The van der Waals surface area contributed by atoms with E-state index in [1.165, 1.54) is 11.3 Å². The third kappa shape index (κ3) is 4.65. The molecule has 1 aliphatic rings. The maximum Gasteiger partial charge on any atom is 0.252 e. The Bertz CT molecular complexity index is 414. The van der Waals surface area contributed by atoms with Gasteiger partial charge in [-0.3, -0.25) is 9.59 Å². The van der Waals surface area contributed by atoms with E-state index in [1.807, 2.05) is 5.38 Å². The second-order valence-electron chi connectivity index (χ2n) is 4.63. The molecule has 0 aromatic carbocycles. The van der Waals surface area contributed by atoms with E-state index in [0.717, 1.165) is 25.9 Å². The van der Waals surface area contributed by atoms with E-state index in [-0.39, 0.29) is 17.9 Å². The highest BCUT2D eigenvalue weighted by Crippen LogP contribution is 2.05. The average molecular weight is 281 g/mol. The molecule has 2 heterocycles. The van der Waals surface area contributed by atoms with Crippen LogP contribution in [0.3, 0.4) is 0 Å². The van der Waals surface area contributed by atoms with Gasteiger partial charge in [0.1, 0.15) is 0 Å². The summed E-state index contributed by atoms with van der Waals surface area (Å²) >= 11 is 1.48. The molecule has 0 spiro atoms. The molecule has 0 radical (unpaired) electrons. The maximum absolute atomic E-state index is 11.7. The van der Waals surface area contributed by atoms with Gasteiger partial charge in [0.2, 0.25) is 5.91 Å². The van der Waals surface area contributed by atoms with Crippen LogP contribution in [0, 0.1) is 0 Å². The average Bonchev–Trinajstić information content (AvgIpc) is 2.93. The largest absolute Gasteiger partial charge is 0.352 e. The molecule has 0 saturated carbocycles. The summed E-state index contributed by atoms with van der Waals surface area (Å²) in [7, 11) is 0. The first-order valence-corrected chi connectivity index (χ1v) is 7.50. The summed E-state index contributed by atoms with van der Waals surface area (Å²) in [6.45, 7) is 2.25. The van der Waals surface area contributed by atoms with E-state index in [4.69, 9.17) is 0 Å².